The summed E-state index contributed by atoms with van der Waals surface area (Å²) >= 11 is 6.01. The Morgan fingerprint density at radius 2 is 2.07 bits per heavy atom. The number of hydrogen-bond donors (Lipinski definition) is 1. The molecule has 7 heteroatoms. The van der Waals surface area contributed by atoms with Crippen LogP contribution in [0, 0.1) is 0 Å². The fourth-order valence-electron chi connectivity index (χ4n) is 3.49. The van der Waals surface area contributed by atoms with Crippen LogP contribution < -0.4 is 15.0 Å². The second-order valence-electron chi connectivity index (χ2n) is 6.49. The molecule has 0 aromatic heterocycles. The predicted octanol–water partition coefficient (Wildman–Crippen LogP) is 3.50. The summed E-state index contributed by atoms with van der Waals surface area (Å²) in [6, 6.07) is 12.3. The molecule has 0 aliphatic carbocycles. The fraction of sp³-hybridized carbons (Fsp3) is 0.300. The summed E-state index contributed by atoms with van der Waals surface area (Å²) in [5.74, 6) is 0.0730. The average molecular weight is 387 g/mol. The first-order chi connectivity index (χ1) is 13.1. The summed E-state index contributed by atoms with van der Waals surface area (Å²) in [4.78, 5) is 26.6. The van der Waals surface area contributed by atoms with E-state index in [1.165, 1.54) is 0 Å². The van der Waals surface area contributed by atoms with Gasteiger partial charge in [0.1, 0.15) is 25.0 Å². The van der Waals surface area contributed by atoms with Crippen LogP contribution in [0.25, 0.3) is 0 Å². The van der Waals surface area contributed by atoms with E-state index in [0.29, 0.717) is 22.0 Å². The molecule has 2 aromatic rings. The molecule has 2 heterocycles. The van der Waals surface area contributed by atoms with Crippen molar-refractivity contribution in [2.75, 3.05) is 30.0 Å². The molecule has 4 rings (SSSR count). The van der Waals surface area contributed by atoms with E-state index in [-0.39, 0.29) is 25.2 Å². The standard InChI is InChI=1S/C20H19ClN2O4/c21-14-4-1-2-6-18(14)26-10-11-27-20(25)13-7-8-16-15(12-13)22-19(24)17-5-3-9-23(16)17/h1-2,4,6-8,12,17H,3,5,9-11H2,(H,22,24)/t17-/m1/s1. The number of amides is 1. The van der Waals surface area contributed by atoms with E-state index in [1.54, 1.807) is 24.3 Å². The maximum atomic E-state index is 12.3. The second kappa shape index (κ2) is 7.48. The zero-order valence-electron chi connectivity index (χ0n) is 14.6. The number of rotatable bonds is 5. The molecule has 0 radical (unpaired) electrons. The number of anilines is 2. The van der Waals surface area contributed by atoms with Crippen molar-refractivity contribution in [2.45, 2.75) is 18.9 Å². The molecule has 140 valence electrons. The van der Waals surface area contributed by atoms with Crippen LogP contribution in [0.2, 0.25) is 5.02 Å². The van der Waals surface area contributed by atoms with Crippen molar-refractivity contribution in [2.24, 2.45) is 0 Å². The van der Waals surface area contributed by atoms with Gasteiger partial charge < -0.3 is 19.7 Å². The Kier molecular flexibility index (Phi) is 4.90. The van der Waals surface area contributed by atoms with Crippen molar-refractivity contribution in [3.8, 4) is 5.75 Å². The zero-order valence-corrected chi connectivity index (χ0v) is 15.4. The maximum Gasteiger partial charge on any atom is 0.338 e. The minimum atomic E-state index is -0.460. The van der Waals surface area contributed by atoms with E-state index in [0.717, 1.165) is 25.1 Å². The number of para-hydroxylation sites is 1. The van der Waals surface area contributed by atoms with Crippen LogP contribution >= 0.6 is 11.6 Å². The molecule has 0 spiro atoms. The average Bonchev–Trinajstić information content (AvgIpc) is 3.17. The molecule has 2 aliphatic heterocycles. The number of halogens is 1. The third-order valence-electron chi connectivity index (χ3n) is 4.77. The first-order valence-electron chi connectivity index (χ1n) is 8.89. The lowest BCUT2D eigenvalue weighted by atomic mass is 10.1. The highest BCUT2D eigenvalue weighted by Crippen LogP contribution is 2.37. The maximum absolute atomic E-state index is 12.3. The molecule has 1 fully saturated rings. The summed E-state index contributed by atoms with van der Waals surface area (Å²) in [5, 5.41) is 3.40. The van der Waals surface area contributed by atoms with Crippen LogP contribution in [-0.2, 0) is 9.53 Å². The number of benzene rings is 2. The van der Waals surface area contributed by atoms with Crippen molar-refractivity contribution < 1.29 is 19.1 Å². The highest BCUT2D eigenvalue weighted by molar-refractivity contribution is 6.32. The highest BCUT2D eigenvalue weighted by Gasteiger charge is 2.36. The summed E-state index contributed by atoms with van der Waals surface area (Å²) in [7, 11) is 0. The Morgan fingerprint density at radius 3 is 2.93 bits per heavy atom. The smallest absolute Gasteiger partial charge is 0.338 e. The molecule has 2 aliphatic rings. The van der Waals surface area contributed by atoms with Crippen molar-refractivity contribution in [1.82, 2.24) is 0 Å². The first-order valence-corrected chi connectivity index (χ1v) is 9.27. The van der Waals surface area contributed by atoms with Gasteiger partial charge in [-0.15, -0.1) is 0 Å². The second-order valence-corrected chi connectivity index (χ2v) is 6.89. The molecule has 0 unspecified atom stereocenters. The monoisotopic (exact) mass is 386 g/mol. The largest absolute Gasteiger partial charge is 0.488 e. The lowest BCUT2D eigenvalue weighted by molar-refractivity contribution is -0.117. The molecule has 27 heavy (non-hydrogen) atoms. The van der Waals surface area contributed by atoms with Crippen molar-refractivity contribution in [1.29, 1.82) is 0 Å². The Bertz CT molecular complexity index is 886. The summed E-state index contributed by atoms with van der Waals surface area (Å²) in [5.41, 5.74) is 2.00. The van der Waals surface area contributed by atoms with Gasteiger partial charge in [-0.2, -0.15) is 0 Å². The molecule has 2 aromatic carbocycles. The quantitative estimate of drug-likeness (QED) is 0.629. The Labute approximate surface area is 162 Å². The van der Waals surface area contributed by atoms with E-state index in [4.69, 9.17) is 21.1 Å². The number of carbonyl (C=O) groups is 2. The number of fused-ring (bicyclic) bond motifs is 3. The van der Waals surface area contributed by atoms with Gasteiger partial charge in [0.25, 0.3) is 0 Å². The van der Waals surface area contributed by atoms with Gasteiger partial charge in [-0.1, -0.05) is 23.7 Å². The molecule has 0 bridgehead atoms. The topological polar surface area (TPSA) is 67.9 Å². The molecule has 1 N–H and O–H groups in total. The fourth-order valence-corrected chi connectivity index (χ4v) is 3.68. The summed E-state index contributed by atoms with van der Waals surface area (Å²) in [6.07, 6.45) is 1.85. The van der Waals surface area contributed by atoms with Crippen LogP contribution in [0.4, 0.5) is 11.4 Å². The third-order valence-corrected chi connectivity index (χ3v) is 5.08. The van der Waals surface area contributed by atoms with Crippen LogP contribution in [0.3, 0.4) is 0 Å². The van der Waals surface area contributed by atoms with Crippen molar-refractivity contribution >= 4 is 34.9 Å². The Hall–Kier alpha value is -2.73. The first kappa shape index (κ1) is 17.7. The van der Waals surface area contributed by atoms with Gasteiger partial charge in [0.05, 0.1) is 22.0 Å². The predicted molar refractivity (Wildman–Crippen MR) is 103 cm³/mol. The minimum Gasteiger partial charge on any atom is -0.488 e. The lowest BCUT2D eigenvalue weighted by Crippen LogP contribution is -2.43. The van der Waals surface area contributed by atoms with Crippen LogP contribution in [0.15, 0.2) is 42.5 Å². The normalized spacial score (nSPS) is 17.7. The molecular formula is C20H19ClN2O4. The number of ether oxygens (including phenoxy) is 2. The summed E-state index contributed by atoms with van der Waals surface area (Å²) in [6.45, 7) is 1.16. The van der Waals surface area contributed by atoms with E-state index in [2.05, 4.69) is 10.2 Å². The molecule has 6 nitrogen and oxygen atoms in total. The van der Waals surface area contributed by atoms with E-state index >= 15 is 0 Å². The number of hydrogen-bond acceptors (Lipinski definition) is 5. The van der Waals surface area contributed by atoms with Crippen molar-refractivity contribution in [3.05, 3.63) is 53.1 Å². The Balaban J connectivity index is 1.36. The third kappa shape index (κ3) is 3.57. The van der Waals surface area contributed by atoms with Gasteiger partial charge in [-0.25, -0.2) is 4.79 Å². The molecule has 1 saturated heterocycles. The van der Waals surface area contributed by atoms with E-state index < -0.39 is 5.97 Å². The van der Waals surface area contributed by atoms with E-state index in [1.807, 2.05) is 18.2 Å². The highest BCUT2D eigenvalue weighted by atomic mass is 35.5. The molecule has 1 atom stereocenters. The van der Waals surface area contributed by atoms with Gasteiger partial charge in [0.15, 0.2) is 0 Å². The van der Waals surface area contributed by atoms with Gasteiger partial charge >= 0.3 is 5.97 Å². The lowest BCUT2D eigenvalue weighted by Gasteiger charge is -2.33. The van der Waals surface area contributed by atoms with Gasteiger partial charge in [0, 0.05) is 6.54 Å². The van der Waals surface area contributed by atoms with Crippen LogP contribution in [0.1, 0.15) is 23.2 Å². The number of nitrogens with one attached hydrogen (secondary N) is 1. The Morgan fingerprint density at radius 1 is 1.22 bits per heavy atom. The van der Waals surface area contributed by atoms with Crippen LogP contribution in [-0.4, -0.2) is 37.7 Å². The summed E-state index contributed by atoms with van der Waals surface area (Å²) < 4.78 is 10.8. The van der Waals surface area contributed by atoms with Gasteiger partial charge in [-0.05, 0) is 43.2 Å². The molecule has 1 amide bonds. The number of nitrogens with zero attached hydrogens (tertiary/aromatic N) is 1. The number of carbonyl (C=O) groups excluding carboxylic acids is 2. The van der Waals surface area contributed by atoms with Gasteiger partial charge in [0.2, 0.25) is 5.91 Å². The molecular weight excluding hydrogens is 368 g/mol. The SMILES string of the molecule is O=C(OCCOc1ccccc1Cl)c1ccc2c(c1)NC(=O)[C@H]1CCCN21. The zero-order chi connectivity index (χ0) is 18.8. The minimum absolute atomic E-state index is 0.0151. The van der Waals surface area contributed by atoms with Crippen LogP contribution in [0.5, 0.6) is 5.75 Å². The van der Waals surface area contributed by atoms with Crippen molar-refractivity contribution in [3.63, 3.8) is 0 Å². The number of esters is 1. The van der Waals surface area contributed by atoms with E-state index in [9.17, 15) is 9.59 Å². The van der Waals surface area contributed by atoms with Gasteiger partial charge in [-0.3, -0.25) is 4.79 Å². The molecule has 0 saturated carbocycles.